The van der Waals surface area contributed by atoms with Gasteiger partial charge in [-0.2, -0.15) is 0 Å². The number of ether oxygens (including phenoxy) is 2. The Bertz CT molecular complexity index is 2070. The third-order valence-corrected chi connectivity index (χ3v) is 9.98. The molecule has 0 radical (unpaired) electrons. The van der Waals surface area contributed by atoms with Crippen molar-refractivity contribution >= 4 is 33.4 Å². The van der Waals surface area contributed by atoms with E-state index in [0.717, 1.165) is 10.9 Å². The van der Waals surface area contributed by atoms with E-state index in [0.29, 0.717) is 41.9 Å². The smallest absolute Gasteiger partial charge is 0.166 e. The van der Waals surface area contributed by atoms with Crippen LogP contribution < -0.4 is 9.47 Å². The molecule has 46 heavy (non-hydrogen) atoms. The number of fused-ring (bicyclic) bond motifs is 4. The molecule has 2 heterocycles. The number of para-hydroxylation sites is 2. The molecule has 4 aromatic carbocycles. The van der Waals surface area contributed by atoms with Crippen LogP contribution in [0.4, 0.5) is 0 Å². The predicted octanol–water partition coefficient (Wildman–Crippen LogP) is 8.47. The molecule has 0 fully saturated rings. The molecule has 232 valence electrons. The van der Waals surface area contributed by atoms with Crippen molar-refractivity contribution in [3.05, 3.63) is 131 Å². The van der Waals surface area contributed by atoms with Gasteiger partial charge in [-0.1, -0.05) is 36.4 Å². The molecule has 7 rings (SSSR count). The van der Waals surface area contributed by atoms with Gasteiger partial charge in [0.15, 0.2) is 11.6 Å². The van der Waals surface area contributed by atoms with Crippen LogP contribution in [0, 0.1) is 5.92 Å². The van der Waals surface area contributed by atoms with Crippen LogP contribution >= 0.6 is 0 Å². The van der Waals surface area contributed by atoms with Gasteiger partial charge in [0.2, 0.25) is 0 Å². The van der Waals surface area contributed by atoms with Gasteiger partial charge in [0.1, 0.15) is 11.5 Å². The Kier molecular flexibility index (Phi) is 7.73. The van der Waals surface area contributed by atoms with Gasteiger partial charge >= 0.3 is 0 Å². The Morgan fingerprint density at radius 2 is 1.33 bits per heavy atom. The lowest BCUT2D eigenvalue weighted by Crippen LogP contribution is -2.31. The molecule has 6 heteroatoms. The van der Waals surface area contributed by atoms with Crippen LogP contribution in [-0.4, -0.2) is 34.9 Å². The number of rotatable bonds is 9. The maximum Gasteiger partial charge on any atom is 0.166 e. The molecule has 1 aliphatic rings. The average molecular weight is 611 g/mol. The fraction of sp³-hybridized carbons (Fsp3) is 0.250. The van der Waals surface area contributed by atoms with Crippen LogP contribution in [0.3, 0.4) is 0 Å². The summed E-state index contributed by atoms with van der Waals surface area (Å²) in [6.07, 6.45) is 3.79. The average Bonchev–Trinajstić information content (AvgIpc) is 3.60. The van der Waals surface area contributed by atoms with E-state index in [1.165, 1.54) is 27.7 Å². The number of carbonyl (C=O) groups excluding carboxylic acids is 2. The summed E-state index contributed by atoms with van der Waals surface area (Å²) < 4.78 is 15.2. The van der Waals surface area contributed by atoms with Crippen LogP contribution in [0.15, 0.2) is 103 Å². The highest BCUT2D eigenvalue weighted by Crippen LogP contribution is 2.53. The normalized spacial score (nSPS) is 17.6. The first-order valence-electron chi connectivity index (χ1n) is 15.9. The Morgan fingerprint density at radius 3 is 1.98 bits per heavy atom. The molecule has 3 unspecified atom stereocenters. The number of hydrogen-bond donors (Lipinski definition) is 0. The number of hydrogen-bond acceptors (Lipinski definition) is 4. The van der Waals surface area contributed by atoms with Crippen LogP contribution in [-0.2, 0) is 14.1 Å². The summed E-state index contributed by atoms with van der Waals surface area (Å²) in [6, 6.07) is 31.7. The summed E-state index contributed by atoms with van der Waals surface area (Å²) in [5.74, 6) is 1.15. The zero-order valence-electron chi connectivity index (χ0n) is 26.7. The molecule has 0 N–H and O–H groups in total. The fourth-order valence-electron chi connectivity index (χ4n) is 7.72. The molecule has 0 spiro atoms. The van der Waals surface area contributed by atoms with Crippen LogP contribution in [0.5, 0.6) is 11.5 Å². The van der Waals surface area contributed by atoms with E-state index in [9.17, 15) is 9.59 Å². The van der Waals surface area contributed by atoms with Crippen molar-refractivity contribution in [2.24, 2.45) is 20.0 Å². The third-order valence-electron chi connectivity index (χ3n) is 9.98. The first-order chi connectivity index (χ1) is 22.4. The van der Waals surface area contributed by atoms with Gasteiger partial charge in [0.25, 0.3) is 0 Å². The van der Waals surface area contributed by atoms with Crippen molar-refractivity contribution in [1.29, 1.82) is 0 Å². The molecular weight excluding hydrogens is 572 g/mol. The Labute approximate surface area is 269 Å². The number of aryl methyl sites for hydroxylation is 2. The van der Waals surface area contributed by atoms with E-state index in [-0.39, 0.29) is 29.3 Å². The molecule has 3 atom stereocenters. The summed E-state index contributed by atoms with van der Waals surface area (Å²) in [5.41, 5.74) is 7.28. The fourth-order valence-corrected chi connectivity index (χ4v) is 7.72. The van der Waals surface area contributed by atoms with E-state index in [1.54, 1.807) is 14.2 Å². The highest BCUT2D eigenvalue weighted by molar-refractivity contribution is 6.01. The van der Waals surface area contributed by atoms with Crippen LogP contribution in [0.1, 0.15) is 68.6 Å². The Morgan fingerprint density at radius 1 is 0.739 bits per heavy atom. The molecular formula is C40H38N2O4. The third kappa shape index (κ3) is 4.98. The van der Waals surface area contributed by atoms with Gasteiger partial charge in [-0.25, -0.2) is 0 Å². The second-order valence-electron chi connectivity index (χ2n) is 12.4. The molecule has 0 amide bonds. The molecule has 2 aromatic heterocycles. The van der Waals surface area contributed by atoms with Crippen molar-refractivity contribution in [3.63, 3.8) is 0 Å². The maximum atomic E-state index is 14.6. The number of carbonyl (C=O) groups is 2. The summed E-state index contributed by atoms with van der Waals surface area (Å²) in [6.45, 7) is 0. The topological polar surface area (TPSA) is 62.5 Å². The van der Waals surface area contributed by atoms with Crippen molar-refractivity contribution in [3.8, 4) is 11.5 Å². The zero-order chi connectivity index (χ0) is 31.9. The maximum absolute atomic E-state index is 14.6. The Hall–Kier alpha value is -5.10. The van der Waals surface area contributed by atoms with E-state index in [1.807, 2.05) is 48.5 Å². The molecule has 0 saturated heterocycles. The number of aromatic nitrogens is 2. The van der Waals surface area contributed by atoms with E-state index < -0.39 is 0 Å². The van der Waals surface area contributed by atoms with Crippen molar-refractivity contribution in [1.82, 2.24) is 9.13 Å². The second-order valence-corrected chi connectivity index (χ2v) is 12.4. The number of nitrogens with zero attached hydrogens (tertiary/aromatic N) is 2. The summed E-state index contributed by atoms with van der Waals surface area (Å²) >= 11 is 0. The zero-order valence-corrected chi connectivity index (χ0v) is 26.7. The molecule has 6 nitrogen and oxygen atoms in total. The largest absolute Gasteiger partial charge is 0.497 e. The van der Waals surface area contributed by atoms with Crippen molar-refractivity contribution in [2.45, 2.75) is 31.1 Å². The predicted molar refractivity (Wildman–Crippen MR) is 182 cm³/mol. The summed E-state index contributed by atoms with van der Waals surface area (Å²) in [7, 11) is 7.48. The summed E-state index contributed by atoms with van der Waals surface area (Å²) in [4.78, 5) is 28.2. The van der Waals surface area contributed by atoms with Crippen LogP contribution in [0.2, 0.25) is 0 Å². The van der Waals surface area contributed by atoms with E-state index >= 15 is 0 Å². The summed E-state index contributed by atoms with van der Waals surface area (Å²) in [5, 5.41) is 2.36. The number of methoxy groups -OCH3 is 2. The van der Waals surface area contributed by atoms with Crippen molar-refractivity contribution in [2.75, 3.05) is 14.2 Å². The molecule has 1 aliphatic carbocycles. The van der Waals surface area contributed by atoms with Gasteiger partial charge in [-0.3, -0.25) is 9.59 Å². The lowest BCUT2D eigenvalue weighted by atomic mass is 9.66. The molecule has 6 aromatic rings. The minimum absolute atomic E-state index is 0.000705. The SMILES string of the molecule is COc1ccc(C(=O)CCC2c3c(n(C)c4ccccc34)C(c3cn(C)c4ccccc34)CC2C(=O)c2ccc(OC)cc2)cc1. The first-order valence-corrected chi connectivity index (χ1v) is 15.9. The highest BCUT2D eigenvalue weighted by Gasteiger charge is 2.43. The van der Waals surface area contributed by atoms with Gasteiger partial charge in [-0.15, -0.1) is 0 Å². The molecule has 0 aliphatic heterocycles. The quantitative estimate of drug-likeness (QED) is 0.154. The lowest BCUT2D eigenvalue weighted by Gasteiger charge is -2.37. The lowest BCUT2D eigenvalue weighted by molar-refractivity contribution is 0.0862. The van der Waals surface area contributed by atoms with Gasteiger partial charge in [-0.05, 0) is 90.6 Å². The standard InChI is InChI=1S/C40H38N2O4/c1-41-24-34(29-9-5-7-11-35(29)41)32-23-33(40(44)26-15-19-28(46-4)20-16-26)30(21-22-37(43)25-13-17-27(45-3)18-14-25)38-31-10-6-8-12-36(31)42(2)39(32)38/h5-20,24,30,32-33H,21-23H2,1-4H3. The van der Waals surface area contributed by atoms with Crippen LogP contribution in [0.25, 0.3) is 21.8 Å². The minimum Gasteiger partial charge on any atom is -0.497 e. The van der Waals surface area contributed by atoms with E-state index in [4.69, 9.17) is 9.47 Å². The first kappa shape index (κ1) is 29.6. The second kappa shape index (κ2) is 12.0. The number of ketones is 2. The van der Waals surface area contributed by atoms with Gasteiger partial charge < -0.3 is 18.6 Å². The Balaban J connectivity index is 1.38. The minimum atomic E-state index is -0.320. The van der Waals surface area contributed by atoms with E-state index in [2.05, 4.69) is 78.0 Å². The highest BCUT2D eigenvalue weighted by atomic mass is 16.5. The number of benzene rings is 4. The van der Waals surface area contributed by atoms with Gasteiger partial charge in [0.05, 0.1) is 14.2 Å². The molecule has 0 saturated carbocycles. The van der Waals surface area contributed by atoms with Gasteiger partial charge in [0, 0.05) is 77.2 Å². The van der Waals surface area contributed by atoms with Crippen molar-refractivity contribution < 1.29 is 19.1 Å². The monoisotopic (exact) mass is 610 g/mol. The molecule has 0 bridgehead atoms. The number of Topliss-reactive ketones (excluding diaryl/α,β-unsaturated/α-hetero) is 2.